The van der Waals surface area contributed by atoms with Gasteiger partial charge in [0.2, 0.25) is 5.88 Å². The van der Waals surface area contributed by atoms with Crippen molar-refractivity contribution in [2.75, 3.05) is 0 Å². The van der Waals surface area contributed by atoms with E-state index in [0.29, 0.717) is 17.3 Å². The fourth-order valence-corrected chi connectivity index (χ4v) is 5.37. The zero-order chi connectivity index (χ0) is 25.9. The normalized spacial score (nSPS) is 17.9. The molecule has 2 heterocycles. The van der Waals surface area contributed by atoms with Crippen LogP contribution in [0.5, 0.6) is 11.6 Å². The van der Waals surface area contributed by atoms with E-state index in [-0.39, 0.29) is 24.0 Å². The average molecular weight is 602 g/mol. The number of amides is 1. The third-order valence-electron chi connectivity index (χ3n) is 5.94. The van der Waals surface area contributed by atoms with E-state index in [1.54, 1.807) is 19.2 Å². The number of rotatable bonds is 6. The molecule has 4 rings (SSSR count). The first-order chi connectivity index (χ1) is 17.1. The Morgan fingerprint density at radius 2 is 1.75 bits per heavy atom. The molecule has 1 fully saturated rings. The summed E-state index contributed by atoms with van der Waals surface area (Å²) < 4.78 is 13.9. The Hall–Kier alpha value is -2.95. The van der Waals surface area contributed by atoms with Crippen molar-refractivity contribution >= 4 is 34.5 Å². The smallest absolute Gasteiger partial charge is 0.407 e. The first-order valence-electron chi connectivity index (χ1n) is 12.1. The van der Waals surface area contributed by atoms with Gasteiger partial charge in [0.25, 0.3) is 0 Å². The molecule has 3 aromatic rings. The highest BCUT2D eigenvalue weighted by Crippen LogP contribution is 2.35. The second-order valence-electron chi connectivity index (χ2n) is 9.96. The number of carbonyl (C=O) groups is 2. The third-order valence-corrected chi connectivity index (χ3v) is 6.96. The van der Waals surface area contributed by atoms with Crippen LogP contribution in [0.3, 0.4) is 0 Å². The van der Waals surface area contributed by atoms with Crippen molar-refractivity contribution in [2.45, 2.75) is 71.1 Å². The van der Waals surface area contributed by atoms with Gasteiger partial charge in [0.1, 0.15) is 22.7 Å². The van der Waals surface area contributed by atoms with Crippen LogP contribution in [0.1, 0.15) is 69.9 Å². The van der Waals surface area contributed by atoms with Gasteiger partial charge >= 0.3 is 6.09 Å². The molecule has 1 amide bonds. The minimum absolute atomic E-state index is 0.0118. The Morgan fingerprint density at radius 3 is 2.33 bits per heavy atom. The molecule has 1 saturated carbocycles. The van der Waals surface area contributed by atoms with Crippen molar-refractivity contribution in [1.82, 2.24) is 20.1 Å². The van der Waals surface area contributed by atoms with Gasteiger partial charge in [-0.1, -0.05) is 6.07 Å². The summed E-state index contributed by atoms with van der Waals surface area (Å²) in [7, 11) is 0. The number of nitrogens with one attached hydrogen (secondary N) is 1. The third kappa shape index (κ3) is 6.43. The molecule has 9 heteroatoms. The van der Waals surface area contributed by atoms with E-state index in [2.05, 4.69) is 32.9 Å². The zero-order valence-corrected chi connectivity index (χ0v) is 23.1. The van der Waals surface area contributed by atoms with Gasteiger partial charge in [-0.25, -0.2) is 9.78 Å². The van der Waals surface area contributed by atoms with Crippen LogP contribution in [0.4, 0.5) is 4.79 Å². The number of carbonyl (C=O) groups excluding carboxylic acids is 2. The van der Waals surface area contributed by atoms with Crippen LogP contribution in [0.25, 0.3) is 11.3 Å². The van der Waals surface area contributed by atoms with Crippen molar-refractivity contribution in [3.8, 4) is 22.9 Å². The van der Waals surface area contributed by atoms with Gasteiger partial charge in [0, 0.05) is 30.8 Å². The van der Waals surface area contributed by atoms with E-state index >= 15 is 0 Å². The first-order valence-corrected chi connectivity index (χ1v) is 13.2. The topological polar surface area (TPSA) is 95.3 Å². The SMILES string of the molecule is CC(=O)c1c(I)c(-c2ccc(Oc3ccccn3)cc2)nn1[C@H]1CC[C@@H](NC(=O)OC(C)(C)C)CC1. The largest absolute Gasteiger partial charge is 0.444 e. The Kier molecular flexibility index (Phi) is 7.97. The maximum atomic E-state index is 12.6. The summed E-state index contributed by atoms with van der Waals surface area (Å²) in [4.78, 5) is 28.9. The lowest BCUT2D eigenvalue weighted by atomic mass is 9.91. The van der Waals surface area contributed by atoms with Crippen molar-refractivity contribution in [3.63, 3.8) is 0 Å². The zero-order valence-electron chi connectivity index (χ0n) is 21.0. The number of ketones is 1. The van der Waals surface area contributed by atoms with E-state index in [4.69, 9.17) is 14.6 Å². The van der Waals surface area contributed by atoms with Crippen LogP contribution < -0.4 is 10.1 Å². The summed E-state index contributed by atoms with van der Waals surface area (Å²) in [5.41, 5.74) is 1.79. The second kappa shape index (κ2) is 11.0. The van der Waals surface area contributed by atoms with Crippen molar-refractivity contribution in [1.29, 1.82) is 0 Å². The van der Waals surface area contributed by atoms with E-state index in [0.717, 1.165) is 40.5 Å². The van der Waals surface area contributed by atoms with Crippen molar-refractivity contribution in [3.05, 3.63) is 57.9 Å². The second-order valence-corrected chi connectivity index (χ2v) is 11.0. The molecule has 0 aliphatic heterocycles. The lowest BCUT2D eigenvalue weighted by molar-refractivity contribution is 0.0487. The average Bonchev–Trinajstić information content (AvgIpc) is 3.17. The number of halogens is 1. The van der Waals surface area contributed by atoms with Crippen LogP contribution in [0.15, 0.2) is 48.7 Å². The molecule has 0 radical (unpaired) electrons. The highest BCUT2D eigenvalue weighted by molar-refractivity contribution is 14.1. The molecular formula is C27H31IN4O4. The van der Waals surface area contributed by atoms with E-state index in [1.165, 1.54) is 0 Å². The van der Waals surface area contributed by atoms with Gasteiger partial charge in [-0.05, 0) is 99.4 Å². The predicted octanol–water partition coefficient (Wildman–Crippen LogP) is 6.55. The quantitative estimate of drug-likeness (QED) is 0.254. The minimum Gasteiger partial charge on any atom is -0.444 e. The molecule has 1 aliphatic carbocycles. The van der Waals surface area contributed by atoms with Gasteiger partial charge in [-0.2, -0.15) is 5.10 Å². The maximum Gasteiger partial charge on any atom is 0.407 e. The van der Waals surface area contributed by atoms with Gasteiger partial charge in [0.15, 0.2) is 5.78 Å². The summed E-state index contributed by atoms with van der Waals surface area (Å²) in [6, 6.07) is 13.3. The molecule has 0 saturated heterocycles. The predicted molar refractivity (Wildman–Crippen MR) is 145 cm³/mol. The molecule has 190 valence electrons. The van der Waals surface area contributed by atoms with E-state index in [9.17, 15) is 9.59 Å². The van der Waals surface area contributed by atoms with Crippen molar-refractivity contribution in [2.24, 2.45) is 0 Å². The summed E-state index contributed by atoms with van der Waals surface area (Å²) in [5, 5.41) is 7.87. The lowest BCUT2D eigenvalue weighted by Crippen LogP contribution is -2.41. The van der Waals surface area contributed by atoms with Crippen LogP contribution in [-0.4, -0.2) is 38.3 Å². The number of ether oxygens (including phenoxy) is 2. The molecule has 36 heavy (non-hydrogen) atoms. The van der Waals surface area contributed by atoms with E-state index in [1.807, 2.05) is 61.9 Å². The highest BCUT2D eigenvalue weighted by Gasteiger charge is 2.30. The van der Waals surface area contributed by atoms with Gasteiger partial charge < -0.3 is 14.8 Å². The van der Waals surface area contributed by atoms with Crippen LogP contribution in [0, 0.1) is 3.57 Å². The van der Waals surface area contributed by atoms with Gasteiger partial charge in [0.05, 0.1) is 9.61 Å². The number of nitrogens with zero attached hydrogens (tertiary/aromatic N) is 3. The van der Waals surface area contributed by atoms with Crippen LogP contribution in [0.2, 0.25) is 0 Å². The molecule has 1 aromatic carbocycles. The van der Waals surface area contributed by atoms with Crippen LogP contribution >= 0.6 is 22.6 Å². The number of hydrogen-bond donors (Lipinski definition) is 1. The van der Waals surface area contributed by atoms with Gasteiger partial charge in [-0.3, -0.25) is 9.48 Å². The number of Topliss-reactive ketones (excluding diaryl/α,β-unsaturated/α-hetero) is 1. The summed E-state index contributed by atoms with van der Waals surface area (Å²) >= 11 is 2.22. The molecule has 1 N–H and O–H groups in total. The number of aromatic nitrogens is 3. The Balaban J connectivity index is 1.48. The van der Waals surface area contributed by atoms with E-state index < -0.39 is 5.60 Å². The van der Waals surface area contributed by atoms with Crippen molar-refractivity contribution < 1.29 is 19.1 Å². The van der Waals surface area contributed by atoms with Crippen LogP contribution in [-0.2, 0) is 4.74 Å². The summed E-state index contributed by atoms with van der Waals surface area (Å²) in [6.07, 6.45) is 4.52. The molecule has 1 aliphatic rings. The fourth-order valence-electron chi connectivity index (χ4n) is 4.33. The first kappa shape index (κ1) is 26.1. The molecule has 0 unspecified atom stereocenters. The number of alkyl carbamates (subject to hydrolysis) is 1. The lowest BCUT2D eigenvalue weighted by Gasteiger charge is -2.30. The molecule has 8 nitrogen and oxygen atoms in total. The minimum atomic E-state index is -0.525. The standard InChI is InChI=1S/C27H31IN4O4/c1-17(33)25-23(28)24(18-8-14-21(15-9-18)35-22-7-5-6-16-29-22)31-32(25)20-12-10-19(11-13-20)30-26(34)36-27(2,3)4/h5-9,14-16,19-20H,10-13H2,1-4H3,(H,30,34)/t19-,20+. The Labute approximate surface area is 224 Å². The highest BCUT2D eigenvalue weighted by atomic mass is 127. The summed E-state index contributed by atoms with van der Waals surface area (Å²) in [6.45, 7) is 7.14. The molecule has 0 atom stereocenters. The Morgan fingerprint density at radius 1 is 1.06 bits per heavy atom. The summed E-state index contributed by atoms with van der Waals surface area (Å²) in [5.74, 6) is 1.19. The number of hydrogen-bond acceptors (Lipinski definition) is 6. The molecule has 2 aromatic heterocycles. The molecule has 0 spiro atoms. The molecular weight excluding hydrogens is 571 g/mol. The fraction of sp³-hybridized carbons (Fsp3) is 0.407. The van der Waals surface area contributed by atoms with Gasteiger partial charge in [-0.15, -0.1) is 0 Å². The maximum absolute atomic E-state index is 12.6. The monoisotopic (exact) mass is 602 g/mol. The Bertz CT molecular complexity index is 1210. The number of benzene rings is 1. The number of pyridine rings is 1. The molecule has 0 bridgehead atoms.